The van der Waals surface area contributed by atoms with E-state index in [4.69, 9.17) is 20.1 Å². The van der Waals surface area contributed by atoms with Crippen LogP contribution in [0.3, 0.4) is 0 Å². The highest BCUT2D eigenvalue weighted by Gasteiger charge is 2.22. The first-order valence-electron chi connectivity index (χ1n) is 5.99. The summed E-state index contributed by atoms with van der Waals surface area (Å²) in [5.74, 6) is 6.08. The highest BCUT2D eigenvalue weighted by atomic mass is 16.5. The van der Waals surface area contributed by atoms with Crippen molar-refractivity contribution in [1.29, 1.82) is 0 Å². The zero-order valence-corrected chi connectivity index (χ0v) is 10.1. The second kappa shape index (κ2) is 8.90. The van der Waals surface area contributed by atoms with Crippen LogP contribution in [0.15, 0.2) is 0 Å². The molecule has 96 valence electrons. The minimum absolute atomic E-state index is 0.294. The normalized spacial score (nSPS) is 23.2. The molecule has 0 aromatic carbocycles. The standard InChI is InChI=1S/C11H24N2O3/c1-14-7-8-15-6-4-11(13-12)10-3-2-5-16-9-10/h10-11,13H,2-9,12H2,1H3. The Morgan fingerprint density at radius 2 is 2.31 bits per heavy atom. The van der Waals surface area contributed by atoms with Crippen LogP contribution in [0.5, 0.6) is 0 Å². The topological polar surface area (TPSA) is 65.7 Å². The molecule has 3 N–H and O–H groups in total. The zero-order chi connectivity index (χ0) is 11.6. The van der Waals surface area contributed by atoms with Gasteiger partial charge in [0.1, 0.15) is 0 Å². The molecular weight excluding hydrogens is 208 g/mol. The van der Waals surface area contributed by atoms with Crippen LogP contribution in [0.2, 0.25) is 0 Å². The Bertz CT molecular complexity index is 163. The zero-order valence-electron chi connectivity index (χ0n) is 10.1. The first kappa shape index (κ1) is 13.9. The van der Waals surface area contributed by atoms with Crippen LogP contribution in [-0.2, 0) is 14.2 Å². The first-order chi connectivity index (χ1) is 7.88. The van der Waals surface area contributed by atoms with Crippen LogP contribution in [0.1, 0.15) is 19.3 Å². The molecule has 16 heavy (non-hydrogen) atoms. The fourth-order valence-corrected chi connectivity index (χ4v) is 1.99. The summed E-state index contributed by atoms with van der Waals surface area (Å²) in [6, 6.07) is 0.294. The van der Waals surface area contributed by atoms with Crippen molar-refractivity contribution in [3.05, 3.63) is 0 Å². The summed E-state index contributed by atoms with van der Waals surface area (Å²) in [6.07, 6.45) is 3.24. The lowest BCUT2D eigenvalue weighted by molar-refractivity contribution is 0.0254. The third-order valence-electron chi connectivity index (χ3n) is 2.98. The summed E-state index contributed by atoms with van der Waals surface area (Å²) in [5, 5.41) is 0. The van der Waals surface area contributed by atoms with Crippen molar-refractivity contribution in [3.8, 4) is 0 Å². The van der Waals surface area contributed by atoms with Crippen LogP contribution >= 0.6 is 0 Å². The maximum atomic E-state index is 5.56. The number of hydrogen-bond donors (Lipinski definition) is 2. The second-order valence-electron chi connectivity index (χ2n) is 4.14. The summed E-state index contributed by atoms with van der Waals surface area (Å²) >= 11 is 0. The number of rotatable bonds is 8. The van der Waals surface area contributed by atoms with E-state index in [2.05, 4.69) is 5.43 Å². The van der Waals surface area contributed by atoms with E-state index in [0.717, 1.165) is 26.1 Å². The highest BCUT2D eigenvalue weighted by molar-refractivity contribution is 4.76. The quantitative estimate of drug-likeness (QED) is 0.358. The number of nitrogens with two attached hydrogens (primary N) is 1. The van der Waals surface area contributed by atoms with Gasteiger partial charge >= 0.3 is 0 Å². The molecule has 1 aliphatic heterocycles. The molecule has 0 spiro atoms. The van der Waals surface area contributed by atoms with Gasteiger partial charge in [0.15, 0.2) is 0 Å². The van der Waals surface area contributed by atoms with Crippen molar-refractivity contribution in [2.45, 2.75) is 25.3 Å². The van der Waals surface area contributed by atoms with Gasteiger partial charge in [-0.1, -0.05) is 0 Å². The van der Waals surface area contributed by atoms with Crippen molar-refractivity contribution in [3.63, 3.8) is 0 Å². The fourth-order valence-electron chi connectivity index (χ4n) is 1.99. The Kier molecular flexibility index (Phi) is 7.71. The average Bonchev–Trinajstić information content (AvgIpc) is 2.35. The van der Waals surface area contributed by atoms with Gasteiger partial charge in [0.05, 0.1) is 19.8 Å². The fraction of sp³-hybridized carbons (Fsp3) is 1.00. The van der Waals surface area contributed by atoms with Crippen molar-refractivity contribution in [2.75, 3.05) is 40.1 Å². The highest BCUT2D eigenvalue weighted by Crippen LogP contribution is 2.18. The van der Waals surface area contributed by atoms with E-state index < -0.39 is 0 Å². The van der Waals surface area contributed by atoms with E-state index >= 15 is 0 Å². The van der Waals surface area contributed by atoms with Crippen LogP contribution in [0.25, 0.3) is 0 Å². The van der Waals surface area contributed by atoms with E-state index in [1.54, 1.807) is 7.11 Å². The molecule has 5 nitrogen and oxygen atoms in total. The molecule has 1 rings (SSSR count). The van der Waals surface area contributed by atoms with Crippen molar-refractivity contribution in [2.24, 2.45) is 11.8 Å². The molecule has 0 aliphatic carbocycles. The summed E-state index contributed by atoms with van der Waals surface area (Å²) in [4.78, 5) is 0. The molecule has 0 radical (unpaired) electrons. The molecule has 0 saturated carbocycles. The van der Waals surface area contributed by atoms with Gasteiger partial charge in [0, 0.05) is 26.4 Å². The molecule has 0 bridgehead atoms. The van der Waals surface area contributed by atoms with Gasteiger partial charge in [-0.2, -0.15) is 0 Å². The molecule has 2 atom stereocenters. The van der Waals surface area contributed by atoms with Crippen molar-refractivity contribution in [1.82, 2.24) is 5.43 Å². The predicted octanol–water partition coefficient (Wildman–Crippen LogP) is 0.298. The molecule has 1 saturated heterocycles. The van der Waals surface area contributed by atoms with Gasteiger partial charge in [0.25, 0.3) is 0 Å². The molecule has 1 heterocycles. The Morgan fingerprint density at radius 3 is 2.94 bits per heavy atom. The number of hydrogen-bond acceptors (Lipinski definition) is 5. The lowest BCUT2D eigenvalue weighted by Crippen LogP contribution is -2.44. The molecule has 1 fully saturated rings. The smallest absolute Gasteiger partial charge is 0.0700 e. The molecule has 2 unspecified atom stereocenters. The monoisotopic (exact) mass is 232 g/mol. The van der Waals surface area contributed by atoms with E-state index in [9.17, 15) is 0 Å². The van der Waals surface area contributed by atoms with Crippen LogP contribution in [0, 0.1) is 5.92 Å². The number of nitrogens with one attached hydrogen (secondary N) is 1. The summed E-state index contributed by atoms with van der Waals surface area (Å²) in [7, 11) is 1.67. The Hall–Kier alpha value is -0.200. The molecule has 0 amide bonds. The van der Waals surface area contributed by atoms with E-state index in [-0.39, 0.29) is 0 Å². The third-order valence-corrected chi connectivity index (χ3v) is 2.98. The lowest BCUT2D eigenvalue weighted by Gasteiger charge is -2.29. The van der Waals surface area contributed by atoms with E-state index in [0.29, 0.717) is 31.8 Å². The summed E-state index contributed by atoms with van der Waals surface area (Å²) < 4.78 is 15.8. The van der Waals surface area contributed by atoms with Crippen molar-refractivity contribution >= 4 is 0 Å². The average molecular weight is 232 g/mol. The van der Waals surface area contributed by atoms with Gasteiger partial charge in [-0.25, -0.2) is 0 Å². The molecular formula is C11H24N2O3. The van der Waals surface area contributed by atoms with Crippen molar-refractivity contribution < 1.29 is 14.2 Å². The number of hydrazine groups is 1. The Labute approximate surface area is 97.6 Å². The number of methoxy groups -OCH3 is 1. The van der Waals surface area contributed by atoms with E-state index in [1.165, 1.54) is 6.42 Å². The maximum Gasteiger partial charge on any atom is 0.0700 e. The van der Waals surface area contributed by atoms with Gasteiger partial charge in [-0.15, -0.1) is 0 Å². The minimum Gasteiger partial charge on any atom is -0.382 e. The number of ether oxygens (including phenoxy) is 3. The predicted molar refractivity (Wildman–Crippen MR) is 62.0 cm³/mol. The molecule has 1 aliphatic rings. The summed E-state index contributed by atoms with van der Waals surface area (Å²) in [6.45, 7) is 3.71. The Morgan fingerprint density at radius 1 is 1.44 bits per heavy atom. The second-order valence-corrected chi connectivity index (χ2v) is 4.14. The largest absolute Gasteiger partial charge is 0.382 e. The van der Waals surface area contributed by atoms with Gasteiger partial charge in [0.2, 0.25) is 0 Å². The van der Waals surface area contributed by atoms with Crippen LogP contribution in [0.4, 0.5) is 0 Å². The van der Waals surface area contributed by atoms with Crippen LogP contribution < -0.4 is 11.3 Å². The van der Waals surface area contributed by atoms with E-state index in [1.807, 2.05) is 0 Å². The third kappa shape index (κ3) is 5.23. The first-order valence-corrected chi connectivity index (χ1v) is 5.99. The minimum atomic E-state index is 0.294. The van der Waals surface area contributed by atoms with Gasteiger partial charge < -0.3 is 14.2 Å². The molecule has 0 aromatic rings. The van der Waals surface area contributed by atoms with Gasteiger partial charge in [-0.3, -0.25) is 11.3 Å². The Balaban J connectivity index is 2.10. The van der Waals surface area contributed by atoms with Crippen LogP contribution in [-0.4, -0.2) is 46.2 Å². The SMILES string of the molecule is COCCOCCC(NN)C1CCCOC1. The summed E-state index contributed by atoms with van der Waals surface area (Å²) in [5.41, 5.74) is 2.87. The molecule has 5 heteroatoms. The molecule has 0 aromatic heterocycles. The van der Waals surface area contributed by atoms with Gasteiger partial charge in [-0.05, 0) is 25.2 Å². The lowest BCUT2D eigenvalue weighted by atomic mass is 9.92. The maximum absolute atomic E-state index is 5.56.